The molecule has 2 aliphatic rings. The molecule has 158 valence electrons. The molecular formula is C18H36IN5O3. The number of rotatable bonds is 6. The van der Waals surface area contributed by atoms with Crippen LogP contribution in [-0.4, -0.2) is 93.0 Å². The molecule has 0 radical (unpaired) electrons. The highest BCUT2D eigenvalue weighted by Gasteiger charge is 2.34. The Kier molecular flexibility index (Phi) is 10.1. The number of likely N-dealkylation sites (tertiary alicyclic amines) is 2. The van der Waals surface area contributed by atoms with Gasteiger partial charge in [0.2, 0.25) is 0 Å². The molecule has 0 aromatic heterocycles. The minimum absolute atomic E-state index is 0. The Morgan fingerprint density at radius 1 is 1.30 bits per heavy atom. The molecular weight excluding hydrogens is 461 g/mol. The van der Waals surface area contributed by atoms with Crippen LogP contribution in [-0.2, 0) is 9.47 Å². The van der Waals surface area contributed by atoms with Gasteiger partial charge in [-0.1, -0.05) is 0 Å². The summed E-state index contributed by atoms with van der Waals surface area (Å²) in [6, 6.07) is 0.727. The Morgan fingerprint density at radius 2 is 2.00 bits per heavy atom. The lowest BCUT2D eigenvalue weighted by Crippen LogP contribution is -2.63. The number of hydrogen-bond acceptors (Lipinski definition) is 5. The summed E-state index contributed by atoms with van der Waals surface area (Å²) in [5, 5.41) is 6.80. The SMILES string of the molecule is CN=C(NCC1CCCN1CCOC)NC1CN(C(=O)OC(C)(C)C)C1.I. The molecule has 2 fully saturated rings. The number of methoxy groups -OCH3 is 1. The molecule has 1 unspecified atom stereocenters. The molecule has 9 heteroatoms. The van der Waals surface area contributed by atoms with Crippen molar-refractivity contribution in [2.24, 2.45) is 4.99 Å². The lowest BCUT2D eigenvalue weighted by Gasteiger charge is -2.40. The van der Waals surface area contributed by atoms with Crippen LogP contribution in [0.2, 0.25) is 0 Å². The summed E-state index contributed by atoms with van der Waals surface area (Å²) in [5.41, 5.74) is -0.455. The number of carbonyl (C=O) groups is 1. The number of nitrogens with one attached hydrogen (secondary N) is 2. The highest BCUT2D eigenvalue weighted by Crippen LogP contribution is 2.16. The average Bonchev–Trinajstić information content (AvgIpc) is 2.96. The van der Waals surface area contributed by atoms with E-state index in [0.29, 0.717) is 19.1 Å². The van der Waals surface area contributed by atoms with Gasteiger partial charge in [0.05, 0.1) is 12.6 Å². The van der Waals surface area contributed by atoms with Crippen LogP contribution in [0.1, 0.15) is 33.6 Å². The average molecular weight is 497 g/mol. The highest BCUT2D eigenvalue weighted by atomic mass is 127. The van der Waals surface area contributed by atoms with Gasteiger partial charge in [-0.25, -0.2) is 4.79 Å². The third-order valence-electron chi connectivity index (χ3n) is 4.68. The van der Waals surface area contributed by atoms with Crippen molar-refractivity contribution in [3.63, 3.8) is 0 Å². The first-order chi connectivity index (χ1) is 12.3. The molecule has 1 atom stereocenters. The summed E-state index contributed by atoms with van der Waals surface area (Å²) in [4.78, 5) is 20.5. The Morgan fingerprint density at radius 3 is 2.59 bits per heavy atom. The molecule has 1 amide bonds. The first-order valence-electron chi connectivity index (χ1n) is 9.50. The van der Waals surface area contributed by atoms with Gasteiger partial charge in [-0.2, -0.15) is 0 Å². The molecule has 0 aromatic carbocycles. The third kappa shape index (κ3) is 7.98. The molecule has 2 saturated heterocycles. The fourth-order valence-electron chi connectivity index (χ4n) is 3.28. The van der Waals surface area contributed by atoms with Gasteiger partial charge < -0.3 is 25.0 Å². The van der Waals surface area contributed by atoms with E-state index in [2.05, 4.69) is 20.5 Å². The maximum atomic E-state index is 12.0. The zero-order valence-corrected chi connectivity index (χ0v) is 19.6. The van der Waals surface area contributed by atoms with Gasteiger partial charge in [0.15, 0.2) is 5.96 Å². The molecule has 0 spiro atoms. The molecule has 0 saturated carbocycles. The summed E-state index contributed by atoms with van der Waals surface area (Å²) in [6.45, 7) is 10.7. The van der Waals surface area contributed by atoms with Crippen molar-refractivity contribution in [2.45, 2.75) is 51.3 Å². The molecule has 2 aliphatic heterocycles. The predicted octanol–water partition coefficient (Wildman–Crippen LogP) is 1.50. The zero-order valence-electron chi connectivity index (χ0n) is 17.3. The topological polar surface area (TPSA) is 78.4 Å². The fraction of sp³-hybridized carbons (Fsp3) is 0.889. The normalized spacial score (nSPS) is 21.4. The molecule has 2 N–H and O–H groups in total. The number of ether oxygens (including phenoxy) is 2. The lowest BCUT2D eigenvalue weighted by atomic mass is 10.1. The minimum atomic E-state index is -0.455. The van der Waals surface area contributed by atoms with Gasteiger partial charge in [-0.3, -0.25) is 9.89 Å². The maximum absolute atomic E-state index is 12.0. The van der Waals surface area contributed by atoms with Crippen molar-refractivity contribution < 1.29 is 14.3 Å². The van der Waals surface area contributed by atoms with Gasteiger partial charge in [-0.05, 0) is 40.2 Å². The van der Waals surface area contributed by atoms with Crippen LogP contribution in [0, 0.1) is 0 Å². The number of carbonyl (C=O) groups excluding carboxylic acids is 1. The van der Waals surface area contributed by atoms with E-state index in [1.807, 2.05) is 20.8 Å². The second-order valence-corrected chi connectivity index (χ2v) is 8.00. The van der Waals surface area contributed by atoms with E-state index in [0.717, 1.165) is 32.2 Å². The number of guanidine groups is 1. The second-order valence-electron chi connectivity index (χ2n) is 8.00. The summed E-state index contributed by atoms with van der Waals surface area (Å²) >= 11 is 0. The van der Waals surface area contributed by atoms with Crippen molar-refractivity contribution in [3.8, 4) is 0 Å². The van der Waals surface area contributed by atoms with Crippen LogP contribution in [0.4, 0.5) is 4.79 Å². The van der Waals surface area contributed by atoms with Crippen molar-refractivity contribution in [2.75, 3.05) is 53.5 Å². The predicted molar refractivity (Wildman–Crippen MR) is 118 cm³/mol. The number of amides is 1. The van der Waals surface area contributed by atoms with Crippen LogP contribution in [0.15, 0.2) is 4.99 Å². The maximum Gasteiger partial charge on any atom is 0.410 e. The van der Waals surface area contributed by atoms with Crippen LogP contribution in [0.5, 0.6) is 0 Å². The summed E-state index contributed by atoms with van der Waals surface area (Å²) in [6.07, 6.45) is 2.18. The smallest absolute Gasteiger partial charge is 0.410 e. The van der Waals surface area contributed by atoms with E-state index in [1.165, 1.54) is 12.8 Å². The first kappa shape index (κ1) is 24.2. The highest BCUT2D eigenvalue weighted by molar-refractivity contribution is 14.0. The lowest BCUT2D eigenvalue weighted by molar-refractivity contribution is 0.00700. The molecule has 2 heterocycles. The number of nitrogens with zero attached hydrogens (tertiary/aromatic N) is 3. The first-order valence-corrected chi connectivity index (χ1v) is 9.50. The number of hydrogen-bond donors (Lipinski definition) is 2. The van der Waals surface area contributed by atoms with Crippen LogP contribution in [0.25, 0.3) is 0 Å². The number of aliphatic imine (C=N–C) groups is 1. The van der Waals surface area contributed by atoms with Crippen molar-refractivity contribution in [3.05, 3.63) is 0 Å². The van der Waals surface area contributed by atoms with Gasteiger partial charge in [0.1, 0.15) is 5.60 Å². The van der Waals surface area contributed by atoms with E-state index in [4.69, 9.17) is 9.47 Å². The van der Waals surface area contributed by atoms with E-state index in [9.17, 15) is 4.79 Å². The Balaban J connectivity index is 0.00000364. The zero-order chi connectivity index (χ0) is 19.2. The molecule has 0 aliphatic carbocycles. The van der Waals surface area contributed by atoms with Gasteiger partial charge in [-0.15, -0.1) is 24.0 Å². The Hall–Kier alpha value is -0.810. The van der Waals surface area contributed by atoms with Crippen molar-refractivity contribution in [1.29, 1.82) is 0 Å². The Labute approximate surface area is 180 Å². The molecule has 27 heavy (non-hydrogen) atoms. The van der Waals surface area contributed by atoms with Crippen LogP contribution >= 0.6 is 24.0 Å². The molecule has 2 rings (SSSR count). The Bertz CT molecular complexity index is 492. The molecule has 8 nitrogen and oxygen atoms in total. The molecule has 0 aromatic rings. The third-order valence-corrected chi connectivity index (χ3v) is 4.68. The van der Waals surface area contributed by atoms with E-state index < -0.39 is 5.60 Å². The minimum Gasteiger partial charge on any atom is -0.444 e. The number of halogens is 1. The summed E-state index contributed by atoms with van der Waals surface area (Å²) < 4.78 is 10.6. The monoisotopic (exact) mass is 497 g/mol. The largest absolute Gasteiger partial charge is 0.444 e. The van der Waals surface area contributed by atoms with E-state index in [-0.39, 0.29) is 36.1 Å². The van der Waals surface area contributed by atoms with Gasteiger partial charge >= 0.3 is 6.09 Å². The van der Waals surface area contributed by atoms with Crippen LogP contribution < -0.4 is 10.6 Å². The standard InChI is InChI=1S/C18H35N5O3.HI/c1-18(2,3)26-17(24)23-12-14(13-23)21-16(19-4)20-11-15-7-6-8-22(15)9-10-25-5;/h14-15H,6-13H2,1-5H3,(H2,19,20,21);1H. The van der Waals surface area contributed by atoms with Crippen molar-refractivity contribution in [1.82, 2.24) is 20.4 Å². The van der Waals surface area contributed by atoms with E-state index in [1.54, 1.807) is 19.1 Å². The summed E-state index contributed by atoms with van der Waals surface area (Å²) in [7, 11) is 3.52. The van der Waals surface area contributed by atoms with Crippen molar-refractivity contribution >= 4 is 36.0 Å². The quantitative estimate of drug-likeness (QED) is 0.329. The van der Waals surface area contributed by atoms with E-state index >= 15 is 0 Å². The summed E-state index contributed by atoms with van der Waals surface area (Å²) in [5.74, 6) is 0.789. The van der Waals surface area contributed by atoms with Gasteiger partial charge in [0.25, 0.3) is 0 Å². The van der Waals surface area contributed by atoms with Crippen LogP contribution in [0.3, 0.4) is 0 Å². The fourth-order valence-corrected chi connectivity index (χ4v) is 3.28. The molecule has 0 bridgehead atoms. The second kappa shape index (κ2) is 11.3. The van der Waals surface area contributed by atoms with Gasteiger partial charge in [0, 0.05) is 46.4 Å².